The van der Waals surface area contributed by atoms with E-state index in [4.69, 9.17) is 37.9 Å². The van der Waals surface area contributed by atoms with Crippen LogP contribution < -0.4 is 33.7 Å². The van der Waals surface area contributed by atoms with E-state index in [0.717, 1.165) is 16.7 Å². The fraction of sp³-hybridized carbons (Fsp3) is 0.532. The van der Waals surface area contributed by atoms with Crippen molar-refractivity contribution >= 4 is 29.9 Å². The summed E-state index contributed by atoms with van der Waals surface area (Å²) in [6.45, 7) is 11.0. The summed E-state index contributed by atoms with van der Waals surface area (Å²) >= 11 is 1.47. The van der Waals surface area contributed by atoms with Gasteiger partial charge in [0.2, 0.25) is 6.79 Å². The Morgan fingerprint density at radius 2 is 1.78 bits per heavy atom. The first-order valence-electron chi connectivity index (χ1n) is 21.7. The highest BCUT2D eigenvalue weighted by molar-refractivity contribution is 7.99. The number of rotatable bonds is 6. The van der Waals surface area contributed by atoms with Crippen molar-refractivity contribution in [1.82, 2.24) is 15.1 Å². The summed E-state index contributed by atoms with van der Waals surface area (Å²) in [4.78, 5) is 46.0. The molecule has 0 aromatic heterocycles. The van der Waals surface area contributed by atoms with Gasteiger partial charge in [0.15, 0.2) is 40.0 Å². The van der Waals surface area contributed by atoms with Crippen LogP contribution in [-0.4, -0.2) is 104 Å². The van der Waals surface area contributed by atoms with E-state index in [1.165, 1.54) is 26.0 Å². The third-order valence-corrected chi connectivity index (χ3v) is 14.9. The first kappa shape index (κ1) is 43.8. The molecule has 4 bridgehead atoms. The molecule has 2 saturated heterocycles. The number of nitrogens with zero attached hydrogens (tertiary/aromatic N) is 3. The van der Waals surface area contributed by atoms with E-state index in [-0.39, 0.29) is 48.9 Å². The number of hydrogen-bond acceptors (Lipinski definition) is 17. The van der Waals surface area contributed by atoms with Gasteiger partial charge in [-0.1, -0.05) is 13.0 Å². The van der Waals surface area contributed by atoms with Crippen molar-refractivity contribution in [2.45, 2.75) is 114 Å². The molecule has 1 spiro atoms. The van der Waals surface area contributed by atoms with Gasteiger partial charge in [0.05, 0.1) is 37.6 Å². The molecule has 0 amide bonds. The number of benzene rings is 3. The second-order valence-corrected chi connectivity index (χ2v) is 19.4. The number of aromatic hydroxyl groups is 1. The van der Waals surface area contributed by atoms with Gasteiger partial charge >= 0.3 is 18.1 Å². The quantitative estimate of drug-likeness (QED) is 0.158. The predicted molar refractivity (Wildman–Crippen MR) is 232 cm³/mol. The molecular formula is C47H54N4O12S. The zero-order chi connectivity index (χ0) is 45.6. The second-order valence-electron chi connectivity index (χ2n) is 18.3. The minimum atomic E-state index is -1.45. The van der Waals surface area contributed by atoms with Crippen LogP contribution in [0.5, 0.6) is 40.2 Å². The molecule has 64 heavy (non-hydrogen) atoms. The molecule has 10 rings (SSSR count). The van der Waals surface area contributed by atoms with Crippen LogP contribution in [0.25, 0.3) is 0 Å². The van der Waals surface area contributed by atoms with Crippen LogP contribution in [0, 0.1) is 25.2 Å². The van der Waals surface area contributed by atoms with E-state index in [0.29, 0.717) is 76.6 Å². The van der Waals surface area contributed by atoms with Crippen molar-refractivity contribution in [2.75, 3.05) is 47.0 Å². The Hall–Kier alpha value is -5.41. The Bertz CT molecular complexity index is 2500. The van der Waals surface area contributed by atoms with Crippen LogP contribution in [-0.2, 0) is 37.4 Å². The summed E-state index contributed by atoms with van der Waals surface area (Å²) in [5, 5.41) is 26.4. The molecule has 340 valence electrons. The molecule has 0 saturated carbocycles. The Morgan fingerprint density at radius 3 is 2.48 bits per heavy atom. The number of nitriles is 1. The van der Waals surface area contributed by atoms with Gasteiger partial charge in [-0.3, -0.25) is 19.9 Å². The van der Waals surface area contributed by atoms with Gasteiger partial charge in [-0.05, 0) is 95.3 Å². The molecule has 1 unspecified atom stereocenters. The molecule has 16 nitrogen and oxygen atoms in total. The van der Waals surface area contributed by atoms with Gasteiger partial charge in [-0.2, -0.15) is 5.26 Å². The Balaban J connectivity index is 1.27. The fourth-order valence-electron chi connectivity index (χ4n) is 10.8. The highest BCUT2D eigenvalue weighted by Crippen LogP contribution is 2.64. The number of thioether (sulfide) groups is 1. The fourth-order valence-corrected chi connectivity index (χ4v) is 12.5. The van der Waals surface area contributed by atoms with Crippen LogP contribution >= 0.6 is 11.8 Å². The largest absolute Gasteiger partial charge is 0.514 e. The van der Waals surface area contributed by atoms with Crippen molar-refractivity contribution < 1.29 is 57.4 Å². The SMILES string of the molecule is CCCC(=O)Oc1c(C)c2c(c3c1[C@H]1SC[C@]4(NCCc5cc(OC(=O)OC(C)(C)C)c(OC)cc54)C(=O)OC[C@@H]3N3C1[C@@H]1c4c(cc(C)c(OC)c4O)C[C@H]([C@@H]3C#N)N1C)OCO2. The second kappa shape index (κ2) is 16.2. The Morgan fingerprint density at radius 1 is 1.02 bits per heavy atom. The van der Waals surface area contributed by atoms with E-state index in [1.807, 2.05) is 33.9 Å². The van der Waals surface area contributed by atoms with Crippen molar-refractivity contribution in [2.24, 2.45) is 0 Å². The van der Waals surface area contributed by atoms with E-state index < -0.39 is 58.7 Å². The average Bonchev–Trinajstić information content (AvgIpc) is 3.73. The zero-order valence-electron chi connectivity index (χ0n) is 37.5. The molecule has 2 fully saturated rings. The molecule has 7 atom stereocenters. The van der Waals surface area contributed by atoms with Gasteiger partial charge in [0.25, 0.3) is 0 Å². The summed E-state index contributed by atoms with van der Waals surface area (Å²) < 4.78 is 48.1. The van der Waals surface area contributed by atoms with Gasteiger partial charge in [-0.25, -0.2) is 9.59 Å². The molecule has 0 radical (unpaired) electrons. The standard InChI is InChI=1S/C47H54N4O12S/c1-10-11-32(52)62-40-23(3)41-42(60-21-59-41)34-29-19-58-44(54)47(26-17-30(56-8)31(16-24(26)12-13-49-47)61-45(55)63-46(4,5)6)20-64-43(35(34)40)37-36-33-25(14-22(2)39(57-9)38(33)53)15-27(50(36)7)28(18-48)51(29)37/h14,16-17,27-29,36-37,43,49,53H,10-13,15,19-21H2,1-9H3/t27-,28+,29+,36+,37?,43-,47-/m1/s1. The lowest BCUT2D eigenvalue weighted by atomic mass is 9.71. The number of likely N-dealkylation sites (N-methyl/N-ethyl adjacent to an activating group) is 1. The van der Waals surface area contributed by atoms with Crippen molar-refractivity contribution in [3.05, 3.63) is 62.7 Å². The first-order valence-corrected chi connectivity index (χ1v) is 22.7. The van der Waals surface area contributed by atoms with Crippen LogP contribution in [0.15, 0.2) is 18.2 Å². The van der Waals surface area contributed by atoms with Gasteiger partial charge < -0.3 is 43.0 Å². The summed E-state index contributed by atoms with van der Waals surface area (Å²) in [5.74, 6) is 1.10. The number of piperazine rings is 1. The summed E-state index contributed by atoms with van der Waals surface area (Å²) in [7, 11) is 4.98. The lowest BCUT2D eigenvalue weighted by Gasteiger charge is -2.62. The van der Waals surface area contributed by atoms with Crippen LogP contribution in [0.4, 0.5) is 4.79 Å². The van der Waals surface area contributed by atoms with Gasteiger partial charge in [0, 0.05) is 53.1 Å². The number of carbonyl (C=O) groups excluding carboxylic acids is 3. The molecule has 7 aliphatic heterocycles. The summed E-state index contributed by atoms with van der Waals surface area (Å²) in [6, 6.07) is 5.19. The minimum Gasteiger partial charge on any atom is -0.504 e. The molecule has 0 aliphatic carbocycles. The number of methoxy groups -OCH3 is 2. The number of aryl methyl sites for hydroxylation is 1. The normalized spacial score (nSPS) is 26.7. The first-order chi connectivity index (χ1) is 30.6. The number of nitrogens with one attached hydrogen (secondary N) is 1. The van der Waals surface area contributed by atoms with Crippen molar-refractivity contribution in [1.29, 1.82) is 5.26 Å². The number of phenols is 1. The van der Waals surface area contributed by atoms with E-state index in [1.54, 1.807) is 32.9 Å². The zero-order valence-corrected chi connectivity index (χ0v) is 38.4. The number of carbonyl (C=O) groups is 3. The van der Waals surface area contributed by atoms with Gasteiger partial charge in [-0.15, -0.1) is 11.8 Å². The third kappa shape index (κ3) is 6.78. The number of phenolic OH excluding ortho intramolecular Hbond substituents is 1. The molecule has 17 heteroatoms. The molecule has 3 aromatic carbocycles. The maximum Gasteiger partial charge on any atom is 0.514 e. The third-order valence-electron chi connectivity index (χ3n) is 13.4. The maximum absolute atomic E-state index is 15.1. The summed E-state index contributed by atoms with van der Waals surface area (Å²) in [5.41, 5.74) is 3.36. The number of hydrogen-bond donors (Lipinski definition) is 2. The van der Waals surface area contributed by atoms with Gasteiger partial charge in [0.1, 0.15) is 24.0 Å². The molecule has 2 N–H and O–H groups in total. The number of fused-ring (bicyclic) bond motifs is 9. The van der Waals surface area contributed by atoms with Crippen LogP contribution in [0.2, 0.25) is 0 Å². The summed E-state index contributed by atoms with van der Waals surface area (Å²) in [6.07, 6.45) is 0.800. The highest BCUT2D eigenvalue weighted by Gasteiger charge is 2.62. The smallest absolute Gasteiger partial charge is 0.504 e. The Kier molecular flexibility index (Phi) is 11.1. The van der Waals surface area contributed by atoms with E-state index in [9.17, 15) is 20.0 Å². The molecular weight excluding hydrogens is 845 g/mol. The maximum atomic E-state index is 15.1. The number of esters is 2. The number of ether oxygens (including phenoxy) is 8. The predicted octanol–water partition coefficient (Wildman–Crippen LogP) is 6.38. The molecule has 3 aromatic rings. The molecule has 7 aliphatic rings. The van der Waals surface area contributed by atoms with Crippen LogP contribution in [0.1, 0.15) is 102 Å². The van der Waals surface area contributed by atoms with Crippen molar-refractivity contribution in [3.63, 3.8) is 0 Å². The Labute approximate surface area is 376 Å². The lowest BCUT2D eigenvalue weighted by molar-refractivity contribution is -0.157. The van der Waals surface area contributed by atoms with E-state index >= 15 is 4.79 Å². The topological polar surface area (TPSA) is 188 Å². The minimum absolute atomic E-state index is 0.0279. The van der Waals surface area contributed by atoms with Crippen molar-refractivity contribution in [3.8, 4) is 46.3 Å². The monoisotopic (exact) mass is 898 g/mol. The lowest BCUT2D eigenvalue weighted by Crippen LogP contribution is -2.69. The average molecular weight is 899 g/mol. The van der Waals surface area contributed by atoms with Crippen LogP contribution in [0.3, 0.4) is 0 Å². The molecule has 7 heterocycles. The highest BCUT2D eigenvalue weighted by atomic mass is 32.2. The van der Waals surface area contributed by atoms with E-state index in [2.05, 4.69) is 21.2 Å².